The Morgan fingerprint density at radius 2 is 2.00 bits per heavy atom. The number of aromatic amines is 1. The van der Waals surface area contributed by atoms with E-state index in [-0.39, 0.29) is 5.91 Å². The molecular formula is C19H21N5O2. The molecule has 0 aliphatic heterocycles. The van der Waals surface area contributed by atoms with Crippen molar-refractivity contribution in [2.24, 2.45) is 0 Å². The van der Waals surface area contributed by atoms with Gasteiger partial charge in [0.2, 0.25) is 5.91 Å². The zero-order chi connectivity index (χ0) is 18.5. The molecule has 2 N–H and O–H groups in total. The first-order valence-electron chi connectivity index (χ1n) is 8.32. The summed E-state index contributed by atoms with van der Waals surface area (Å²) in [4.78, 5) is 12.9. The van der Waals surface area contributed by atoms with Crippen LogP contribution in [0, 0.1) is 13.8 Å². The van der Waals surface area contributed by atoms with Crippen molar-refractivity contribution < 1.29 is 9.53 Å². The molecule has 0 spiro atoms. The topological polar surface area (TPSA) is 92.8 Å². The van der Waals surface area contributed by atoms with E-state index in [2.05, 4.69) is 25.9 Å². The summed E-state index contributed by atoms with van der Waals surface area (Å²) in [6.07, 6.45) is 0.403. The molecule has 134 valence electrons. The van der Waals surface area contributed by atoms with Gasteiger partial charge in [0.1, 0.15) is 11.7 Å². The van der Waals surface area contributed by atoms with Crippen molar-refractivity contribution in [3.63, 3.8) is 0 Å². The Bertz CT molecular complexity index is 893. The number of carbonyl (C=O) groups excluding carboxylic acids is 1. The molecule has 0 radical (unpaired) electrons. The molecule has 26 heavy (non-hydrogen) atoms. The van der Waals surface area contributed by atoms with Gasteiger partial charge >= 0.3 is 0 Å². The number of rotatable bonds is 6. The lowest BCUT2D eigenvalue weighted by molar-refractivity contribution is -0.117. The summed E-state index contributed by atoms with van der Waals surface area (Å²) >= 11 is 0. The molecule has 0 aliphatic rings. The standard InChI is InChI=1S/C19H21N5O2/c1-12-8-9-15(10-13(12)2)20-19(25)16(18-21-23-24-22-18)11-14-6-4-5-7-17(14)26-3/h4-10,16H,11H2,1-3H3,(H,20,25)(H,21,22,23,24)/t16-/m1/s1. The Labute approximate surface area is 151 Å². The number of carbonyl (C=O) groups is 1. The molecule has 1 amide bonds. The lowest BCUT2D eigenvalue weighted by Gasteiger charge is -2.16. The second-order valence-electron chi connectivity index (χ2n) is 6.13. The number of methoxy groups -OCH3 is 1. The van der Waals surface area contributed by atoms with Crippen molar-refractivity contribution in [1.82, 2.24) is 20.6 Å². The number of nitrogens with one attached hydrogen (secondary N) is 2. The fourth-order valence-corrected chi connectivity index (χ4v) is 2.76. The molecule has 3 rings (SSSR count). The number of hydrogen-bond acceptors (Lipinski definition) is 5. The summed E-state index contributed by atoms with van der Waals surface area (Å²) in [5, 5.41) is 17.0. The van der Waals surface area contributed by atoms with Gasteiger partial charge in [0.05, 0.1) is 7.11 Å². The number of hydrogen-bond donors (Lipinski definition) is 2. The van der Waals surface area contributed by atoms with E-state index in [0.717, 1.165) is 22.6 Å². The highest BCUT2D eigenvalue weighted by molar-refractivity contribution is 5.95. The third kappa shape index (κ3) is 3.88. The molecule has 0 bridgehead atoms. The van der Waals surface area contributed by atoms with E-state index in [9.17, 15) is 4.79 Å². The highest BCUT2D eigenvalue weighted by atomic mass is 16.5. The largest absolute Gasteiger partial charge is 0.496 e. The second-order valence-corrected chi connectivity index (χ2v) is 6.13. The first-order chi connectivity index (χ1) is 12.6. The first kappa shape index (κ1) is 17.6. The molecule has 2 aromatic carbocycles. The normalized spacial score (nSPS) is 11.8. The maximum atomic E-state index is 12.9. The van der Waals surface area contributed by atoms with Gasteiger partial charge in [0, 0.05) is 5.69 Å². The molecular weight excluding hydrogens is 330 g/mol. The number of para-hydroxylation sites is 1. The lowest BCUT2D eigenvalue weighted by atomic mass is 9.96. The maximum Gasteiger partial charge on any atom is 0.235 e. The van der Waals surface area contributed by atoms with Crippen LogP contribution in [0.1, 0.15) is 28.4 Å². The van der Waals surface area contributed by atoms with Crippen LogP contribution in [0.5, 0.6) is 5.75 Å². The van der Waals surface area contributed by atoms with Crippen LogP contribution < -0.4 is 10.1 Å². The molecule has 0 aliphatic carbocycles. The minimum atomic E-state index is -0.591. The minimum Gasteiger partial charge on any atom is -0.496 e. The van der Waals surface area contributed by atoms with Gasteiger partial charge in [-0.05, 0) is 55.2 Å². The van der Waals surface area contributed by atoms with Gasteiger partial charge in [-0.1, -0.05) is 29.5 Å². The SMILES string of the molecule is COc1ccccc1C[C@@H](C(=O)Nc1ccc(C)c(C)c1)c1nn[nH]n1. The van der Waals surface area contributed by atoms with Crippen LogP contribution in [0.25, 0.3) is 0 Å². The third-order valence-corrected chi connectivity index (χ3v) is 4.38. The van der Waals surface area contributed by atoms with Gasteiger partial charge in [-0.25, -0.2) is 0 Å². The van der Waals surface area contributed by atoms with Crippen LogP contribution >= 0.6 is 0 Å². The fraction of sp³-hybridized carbons (Fsp3) is 0.263. The number of H-pyrrole nitrogens is 1. The number of ether oxygens (including phenoxy) is 1. The van der Waals surface area contributed by atoms with Crippen LogP contribution in [0.2, 0.25) is 0 Å². The van der Waals surface area contributed by atoms with Gasteiger partial charge in [-0.15, -0.1) is 10.2 Å². The van der Waals surface area contributed by atoms with Crippen LogP contribution in [0.4, 0.5) is 5.69 Å². The Hall–Kier alpha value is -3.22. The Morgan fingerprint density at radius 3 is 2.69 bits per heavy atom. The quantitative estimate of drug-likeness (QED) is 0.712. The average Bonchev–Trinajstić information content (AvgIpc) is 3.17. The van der Waals surface area contributed by atoms with E-state index in [1.807, 2.05) is 56.3 Å². The van der Waals surface area contributed by atoms with E-state index in [0.29, 0.717) is 12.2 Å². The molecule has 1 atom stereocenters. The Kier molecular flexibility index (Phi) is 5.26. The van der Waals surface area contributed by atoms with Crippen molar-refractivity contribution in [3.05, 3.63) is 65.0 Å². The summed E-state index contributed by atoms with van der Waals surface area (Å²) in [5.41, 5.74) is 3.93. The van der Waals surface area contributed by atoms with Gasteiger partial charge in [-0.2, -0.15) is 5.21 Å². The smallest absolute Gasteiger partial charge is 0.235 e. The average molecular weight is 351 g/mol. The molecule has 1 aromatic heterocycles. The van der Waals surface area contributed by atoms with Gasteiger partial charge in [-0.3, -0.25) is 4.79 Å². The number of benzene rings is 2. The van der Waals surface area contributed by atoms with Gasteiger partial charge < -0.3 is 10.1 Å². The van der Waals surface area contributed by atoms with Crippen LogP contribution in [0.3, 0.4) is 0 Å². The Balaban J connectivity index is 1.86. The van der Waals surface area contributed by atoms with Crippen molar-refractivity contribution in [2.45, 2.75) is 26.2 Å². The fourth-order valence-electron chi connectivity index (χ4n) is 2.76. The van der Waals surface area contributed by atoms with Crippen molar-refractivity contribution in [1.29, 1.82) is 0 Å². The van der Waals surface area contributed by atoms with E-state index in [1.165, 1.54) is 5.56 Å². The van der Waals surface area contributed by atoms with E-state index in [1.54, 1.807) is 7.11 Å². The lowest BCUT2D eigenvalue weighted by Crippen LogP contribution is -2.24. The molecule has 0 saturated carbocycles. The van der Waals surface area contributed by atoms with Crippen LogP contribution in [-0.2, 0) is 11.2 Å². The summed E-state index contributed by atoms with van der Waals surface area (Å²) in [5.74, 6) is 0.282. The molecule has 7 heteroatoms. The predicted molar refractivity (Wildman–Crippen MR) is 98.2 cm³/mol. The molecule has 0 fully saturated rings. The predicted octanol–water partition coefficient (Wildman–Crippen LogP) is 2.79. The molecule has 0 saturated heterocycles. The number of amides is 1. The van der Waals surface area contributed by atoms with Gasteiger partial charge in [0.25, 0.3) is 0 Å². The number of anilines is 1. The van der Waals surface area contributed by atoms with E-state index < -0.39 is 5.92 Å². The number of tetrazole rings is 1. The number of nitrogens with zero attached hydrogens (tertiary/aromatic N) is 3. The molecule has 1 heterocycles. The number of aromatic nitrogens is 4. The summed E-state index contributed by atoms with van der Waals surface area (Å²) < 4.78 is 5.39. The monoisotopic (exact) mass is 351 g/mol. The second kappa shape index (κ2) is 7.77. The summed E-state index contributed by atoms with van der Waals surface area (Å²) in [7, 11) is 1.61. The summed E-state index contributed by atoms with van der Waals surface area (Å²) in [6, 6.07) is 13.4. The molecule has 0 unspecified atom stereocenters. The van der Waals surface area contributed by atoms with E-state index >= 15 is 0 Å². The van der Waals surface area contributed by atoms with Crippen molar-refractivity contribution in [2.75, 3.05) is 12.4 Å². The molecule has 3 aromatic rings. The zero-order valence-electron chi connectivity index (χ0n) is 15.0. The minimum absolute atomic E-state index is 0.194. The third-order valence-electron chi connectivity index (χ3n) is 4.38. The highest BCUT2D eigenvalue weighted by Crippen LogP contribution is 2.26. The highest BCUT2D eigenvalue weighted by Gasteiger charge is 2.26. The van der Waals surface area contributed by atoms with Crippen LogP contribution in [-0.4, -0.2) is 33.6 Å². The van der Waals surface area contributed by atoms with Crippen molar-refractivity contribution in [3.8, 4) is 5.75 Å². The zero-order valence-corrected chi connectivity index (χ0v) is 15.0. The van der Waals surface area contributed by atoms with Crippen molar-refractivity contribution >= 4 is 11.6 Å². The number of aryl methyl sites for hydroxylation is 2. The van der Waals surface area contributed by atoms with E-state index in [4.69, 9.17) is 4.74 Å². The first-order valence-corrected chi connectivity index (χ1v) is 8.32. The maximum absolute atomic E-state index is 12.9. The van der Waals surface area contributed by atoms with Crippen LogP contribution in [0.15, 0.2) is 42.5 Å². The summed E-state index contributed by atoms with van der Waals surface area (Å²) in [6.45, 7) is 4.04. The molecule has 7 nitrogen and oxygen atoms in total. The van der Waals surface area contributed by atoms with Gasteiger partial charge in [0.15, 0.2) is 5.82 Å². The Morgan fingerprint density at radius 1 is 1.19 bits per heavy atom.